The molecule has 0 radical (unpaired) electrons. The van der Waals surface area contributed by atoms with Crippen LogP contribution in [0.5, 0.6) is 0 Å². The average molecular weight is 600 g/mol. The maximum atomic E-state index is 9.90. The summed E-state index contributed by atoms with van der Waals surface area (Å²) in [6, 6.07) is 55.4. The van der Waals surface area contributed by atoms with Crippen LogP contribution in [0, 0.1) is 11.3 Å². The zero-order chi connectivity index (χ0) is 31.1. The van der Waals surface area contributed by atoms with Gasteiger partial charge in [-0.1, -0.05) is 91.0 Å². The predicted octanol–water partition coefficient (Wildman–Crippen LogP) is 11.3. The fourth-order valence-electron chi connectivity index (χ4n) is 7.59. The van der Waals surface area contributed by atoms with E-state index < -0.39 is 0 Å². The van der Waals surface area contributed by atoms with Gasteiger partial charge in [0.15, 0.2) is 0 Å². The van der Waals surface area contributed by atoms with Crippen LogP contribution >= 0.6 is 0 Å². The Bertz CT molecular complexity index is 2880. The van der Waals surface area contributed by atoms with Crippen LogP contribution in [0.1, 0.15) is 5.56 Å². The third-order valence-corrected chi connectivity index (χ3v) is 9.56. The molecule has 0 aliphatic heterocycles. The number of benzene rings is 7. The minimum Gasteiger partial charge on any atom is -0.455 e. The predicted molar refractivity (Wildman–Crippen MR) is 193 cm³/mol. The maximum Gasteiger partial charge on any atom is 0.145 e. The van der Waals surface area contributed by atoms with Crippen LogP contribution < -0.4 is 0 Å². The molecule has 0 N–H and O–H groups in total. The molecule has 3 aromatic heterocycles. The van der Waals surface area contributed by atoms with Crippen molar-refractivity contribution in [2.45, 2.75) is 0 Å². The van der Waals surface area contributed by atoms with Gasteiger partial charge in [-0.15, -0.1) is 0 Å². The molecule has 0 aliphatic carbocycles. The standard InChI is InChI=1S/C43H25N3O/c44-26-27-21-23-39-34(25-27)42-40(24-22-33-32-15-5-10-20-41(32)47-43(33)42)46(39)38-19-9-4-14-31(38)30-13-3-8-18-37(30)45-35-16-6-1-11-28(35)29-12-2-7-17-36(29)45/h1-25H. The third kappa shape index (κ3) is 3.57. The van der Waals surface area contributed by atoms with Gasteiger partial charge in [-0.25, -0.2) is 0 Å². The number of furan rings is 1. The van der Waals surface area contributed by atoms with Crippen LogP contribution in [0.15, 0.2) is 156 Å². The van der Waals surface area contributed by atoms with Gasteiger partial charge in [0, 0.05) is 38.1 Å². The number of rotatable bonds is 3. The molecule has 4 nitrogen and oxygen atoms in total. The number of hydrogen-bond acceptors (Lipinski definition) is 2. The molecule has 0 fully saturated rings. The van der Waals surface area contributed by atoms with Gasteiger partial charge in [0.25, 0.3) is 0 Å². The van der Waals surface area contributed by atoms with Crippen molar-refractivity contribution in [3.8, 4) is 28.6 Å². The second-order valence-corrected chi connectivity index (χ2v) is 12.0. The molecule has 0 saturated heterocycles. The largest absolute Gasteiger partial charge is 0.455 e. The van der Waals surface area contributed by atoms with E-state index in [4.69, 9.17) is 4.42 Å². The van der Waals surface area contributed by atoms with Crippen LogP contribution in [-0.4, -0.2) is 9.13 Å². The lowest BCUT2D eigenvalue weighted by molar-refractivity contribution is 0.673. The summed E-state index contributed by atoms with van der Waals surface area (Å²) < 4.78 is 11.3. The van der Waals surface area contributed by atoms with Gasteiger partial charge in [-0.3, -0.25) is 0 Å². The molecule has 0 unspecified atom stereocenters. The van der Waals surface area contributed by atoms with E-state index in [9.17, 15) is 5.26 Å². The summed E-state index contributed by atoms with van der Waals surface area (Å²) in [5.74, 6) is 0. The molecule has 10 rings (SSSR count). The molecule has 7 aromatic carbocycles. The van der Waals surface area contributed by atoms with Crippen molar-refractivity contribution in [3.63, 3.8) is 0 Å². The molecule has 0 amide bonds. The highest BCUT2D eigenvalue weighted by Gasteiger charge is 2.22. The van der Waals surface area contributed by atoms with E-state index >= 15 is 0 Å². The molecule has 218 valence electrons. The van der Waals surface area contributed by atoms with Crippen molar-refractivity contribution < 1.29 is 4.42 Å². The molecule has 0 spiro atoms. The smallest absolute Gasteiger partial charge is 0.145 e. The average Bonchev–Trinajstić information content (AvgIpc) is 3.79. The van der Waals surface area contributed by atoms with Crippen molar-refractivity contribution in [2.75, 3.05) is 0 Å². The molecule has 47 heavy (non-hydrogen) atoms. The number of nitrogens with zero attached hydrogens (tertiary/aromatic N) is 3. The van der Waals surface area contributed by atoms with E-state index in [2.05, 4.69) is 137 Å². The molecule has 4 heteroatoms. The molecule has 0 saturated carbocycles. The first-order valence-corrected chi connectivity index (χ1v) is 15.8. The number of aromatic nitrogens is 2. The first-order chi connectivity index (χ1) is 23.3. The normalized spacial score (nSPS) is 11.8. The van der Waals surface area contributed by atoms with Gasteiger partial charge in [-0.05, 0) is 60.7 Å². The number of hydrogen-bond donors (Lipinski definition) is 0. The lowest BCUT2D eigenvalue weighted by Crippen LogP contribution is -2.01. The Balaban J connectivity index is 1.31. The first-order valence-electron chi connectivity index (χ1n) is 15.8. The van der Waals surface area contributed by atoms with Gasteiger partial charge in [0.05, 0.1) is 50.5 Å². The minimum atomic E-state index is 0.620. The third-order valence-electron chi connectivity index (χ3n) is 9.56. The quantitative estimate of drug-likeness (QED) is 0.203. The van der Waals surface area contributed by atoms with Gasteiger partial charge < -0.3 is 13.6 Å². The Hall–Kier alpha value is -6.57. The Morgan fingerprint density at radius 1 is 0.447 bits per heavy atom. The monoisotopic (exact) mass is 599 g/mol. The van der Waals surface area contributed by atoms with E-state index in [0.717, 1.165) is 66.2 Å². The summed E-state index contributed by atoms with van der Waals surface area (Å²) in [6.07, 6.45) is 0. The Kier molecular flexibility index (Phi) is 5.32. The SMILES string of the molecule is N#Cc1ccc2c(c1)c1c3oc4ccccc4c3ccc1n2-c1ccccc1-c1ccccc1-n1c2ccccc2c2ccccc21. The summed E-state index contributed by atoms with van der Waals surface area (Å²) in [5.41, 5.74) is 11.1. The molecule has 0 bridgehead atoms. The van der Waals surface area contributed by atoms with Crippen molar-refractivity contribution in [1.29, 1.82) is 5.26 Å². The Labute approximate surface area is 269 Å². The lowest BCUT2D eigenvalue weighted by Gasteiger charge is -2.18. The summed E-state index contributed by atoms with van der Waals surface area (Å²) in [7, 11) is 0. The highest BCUT2D eigenvalue weighted by atomic mass is 16.3. The van der Waals surface area contributed by atoms with Gasteiger partial charge in [0.1, 0.15) is 11.2 Å². The van der Waals surface area contributed by atoms with Crippen LogP contribution in [0.4, 0.5) is 0 Å². The van der Waals surface area contributed by atoms with E-state index in [0.29, 0.717) is 5.56 Å². The second kappa shape index (κ2) is 9.71. The fraction of sp³-hybridized carbons (Fsp3) is 0. The lowest BCUT2D eigenvalue weighted by atomic mass is 10.0. The van der Waals surface area contributed by atoms with Gasteiger partial charge in [0.2, 0.25) is 0 Å². The molecule has 0 aliphatic rings. The van der Waals surface area contributed by atoms with E-state index in [-0.39, 0.29) is 0 Å². The zero-order valence-electron chi connectivity index (χ0n) is 25.2. The molecule has 3 heterocycles. The maximum absolute atomic E-state index is 9.90. The molecule has 0 atom stereocenters. The van der Waals surface area contributed by atoms with E-state index in [1.807, 2.05) is 30.3 Å². The minimum absolute atomic E-state index is 0.620. The van der Waals surface area contributed by atoms with E-state index in [1.165, 1.54) is 21.8 Å². The Morgan fingerprint density at radius 3 is 1.66 bits per heavy atom. The number of para-hydroxylation sites is 5. The molecular formula is C43H25N3O. The van der Waals surface area contributed by atoms with Crippen molar-refractivity contribution in [1.82, 2.24) is 9.13 Å². The van der Waals surface area contributed by atoms with Crippen molar-refractivity contribution in [2.24, 2.45) is 0 Å². The van der Waals surface area contributed by atoms with Crippen LogP contribution in [0.25, 0.3) is 88.1 Å². The summed E-state index contributed by atoms with van der Waals surface area (Å²) >= 11 is 0. The topological polar surface area (TPSA) is 46.8 Å². The summed E-state index contributed by atoms with van der Waals surface area (Å²) in [6.45, 7) is 0. The van der Waals surface area contributed by atoms with Crippen LogP contribution in [0.2, 0.25) is 0 Å². The molecular weight excluding hydrogens is 574 g/mol. The van der Waals surface area contributed by atoms with Crippen LogP contribution in [-0.2, 0) is 0 Å². The van der Waals surface area contributed by atoms with Gasteiger partial charge >= 0.3 is 0 Å². The summed E-state index contributed by atoms with van der Waals surface area (Å²) in [5, 5.41) is 16.5. The molecule has 10 aromatic rings. The van der Waals surface area contributed by atoms with E-state index in [1.54, 1.807) is 0 Å². The Morgan fingerprint density at radius 2 is 0.979 bits per heavy atom. The zero-order valence-corrected chi connectivity index (χ0v) is 25.2. The van der Waals surface area contributed by atoms with Crippen molar-refractivity contribution >= 4 is 65.6 Å². The van der Waals surface area contributed by atoms with Crippen molar-refractivity contribution in [3.05, 3.63) is 157 Å². The highest BCUT2D eigenvalue weighted by Crippen LogP contribution is 2.43. The number of nitriles is 1. The fourth-order valence-corrected chi connectivity index (χ4v) is 7.59. The summed E-state index contributed by atoms with van der Waals surface area (Å²) in [4.78, 5) is 0. The van der Waals surface area contributed by atoms with Gasteiger partial charge in [-0.2, -0.15) is 5.26 Å². The number of fused-ring (bicyclic) bond motifs is 10. The van der Waals surface area contributed by atoms with Crippen LogP contribution in [0.3, 0.4) is 0 Å². The second-order valence-electron chi connectivity index (χ2n) is 12.0. The highest BCUT2D eigenvalue weighted by molar-refractivity contribution is 6.24. The first kappa shape index (κ1) is 25.7.